The Bertz CT molecular complexity index is 494. The van der Waals surface area contributed by atoms with Gasteiger partial charge in [0.2, 0.25) is 0 Å². The molecular formula is C12H9NO4. The Kier molecular flexibility index (Phi) is 4.01. The van der Waals surface area contributed by atoms with E-state index in [0.29, 0.717) is 5.56 Å². The van der Waals surface area contributed by atoms with Gasteiger partial charge in [-0.05, 0) is 23.8 Å². The molecule has 0 atom stereocenters. The van der Waals surface area contributed by atoms with Gasteiger partial charge in [0.05, 0.1) is 23.6 Å². The molecule has 0 spiro atoms. The maximum Gasteiger partial charge on any atom is 0.335 e. The van der Waals surface area contributed by atoms with Crippen LogP contribution in [0.1, 0.15) is 32.7 Å². The second kappa shape index (κ2) is 5.47. The second-order valence-electron chi connectivity index (χ2n) is 3.22. The zero-order valence-electron chi connectivity index (χ0n) is 8.75. The first-order valence-electron chi connectivity index (χ1n) is 4.69. The van der Waals surface area contributed by atoms with Crippen LogP contribution in [0, 0.1) is 11.3 Å². The molecule has 5 heteroatoms. The third kappa shape index (κ3) is 3.47. The summed E-state index contributed by atoms with van der Waals surface area (Å²) in [5.41, 5.74) is 0.251. The predicted molar refractivity (Wildman–Crippen MR) is 59.6 cm³/mol. The number of carboxylic acid groups (broad SMARTS) is 2. The van der Waals surface area contributed by atoms with Crippen molar-refractivity contribution < 1.29 is 19.8 Å². The fourth-order valence-corrected chi connectivity index (χ4v) is 1.24. The smallest absolute Gasteiger partial charge is 0.335 e. The molecule has 1 rings (SSSR count). The third-order valence-corrected chi connectivity index (χ3v) is 1.97. The summed E-state index contributed by atoms with van der Waals surface area (Å²) >= 11 is 0. The number of aromatic carboxylic acids is 2. The van der Waals surface area contributed by atoms with Crippen LogP contribution in [-0.4, -0.2) is 22.2 Å². The van der Waals surface area contributed by atoms with Crippen LogP contribution in [0.3, 0.4) is 0 Å². The van der Waals surface area contributed by atoms with Crippen molar-refractivity contribution in [3.63, 3.8) is 0 Å². The Morgan fingerprint density at radius 1 is 1.18 bits per heavy atom. The summed E-state index contributed by atoms with van der Waals surface area (Å²) in [6, 6.07) is 5.68. The molecule has 0 aliphatic carbocycles. The van der Waals surface area contributed by atoms with E-state index in [-0.39, 0.29) is 17.5 Å². The van der Waals surface area contributed by atoms with Crippen molar-refractivity contribution in [1.29, 1.82) is 5.26 Å². The lowest BCUT2D eigenvalue weighted by atomic mass is 10.1. The zero-order chi connectivity index (χ0) is 12.8. The number of carboxylic acids is 2. The number of benzene rings is 1. The topological polar surface area (TPSA) is 98.4 Å². The SMILES string of the molecule is N#CCC=Cc1cc(C(=O)O)cc(C(=O)O)c1. The van der Waals surface area contributed by atoms with Gasteiger partial charge in [-0.3, -0.25) is 0 Å². The van der Waals surface area contributed by atoms with Crippen LogP contribution in [0.5, 0.6) is 0 Å². The average Bonchev–Trinajstić information content (AvgIpc) is 2.29. The second-order valence-corrected chi connectivity index (χ2v) is 3.22. The van der Waals surface area contributed by atoms with Crippen LogP contribution in [0.15, 0.2) is 24.3 Å². The van der Waals surface area contributed by atoms with E-state index in [1.165, 1.54) is 24.3 Å². The van der Waals surface area contributed by atoms with Gasteiger partial charge in [0.25, 0.3) is 0 Å². The third-order valence-electron chi connectivity index (χ3n) is 1.97. The largest absolute Gasteiger partial charge is 0.478 e. The van der Waals surface area contributed by atoms with Crippen LogP contribution in [0.25, 0.3) is 6.08 Å². The number of carbonyl (C=O) groups is 2. The quantitative estimate of drug-likeness (QED) is 0.825. The first-order chi connectivity index (χ1) is 8.04. The molecule has 0 bridgehead atoms. The van der Waals surface area contributed by atoms with Crippen molar-refractivity contribution in [3.05, 3.63) is 41.0 Å². The summed E-state index contributed by atoms with van der Waals surface area (Å²) in [6.45, 7) is 0. The molecule has 2 N–H and O–H groups in total. The highest BCUT2D eigenvalue weighted by Gasteiger charge is 2.10. The number of allylic oxidation sites excluding steroid dienone is 1. The van der Waals surface area contributed by atoms with Crippen LogP contribution in [0.2, 0.25) is 0 Å². The molecule has 0 unspecified atom stereocenters. The van der Waals surface area contributed by atoms with Crippen molar-refractivity contribution in [1.82, 2.24) is 0 Å². The van der Waals surface area contributed by atoms with Gasteiger partial charge >= 0.3 is 11.9 Å². The van der Waals surface area contributed by atoms with Gasteiger partial charge in [0.15, 0.2) is 0 Å². The van der Waals surface area contributed by atoms with Crippen LogP contribution < -0.4 is 0 Å². The van der Waals surface area contributed by atoms with E-state index < -0.39 is 11.9 Å². The number of hydrogen-bond acceptors (Lipinski definition) is 3. The van der Waals surface area contributed by atoms with Crippen LogP contribution >= 0.6 is 0 Å². The molecule has 0 aromatic heterocycles. The van der Waals surface area contributed by atoms with Gasteiger partial charge in [0, 0.05) is 0 Å². The first kappa shape index (κ1) is 12.5. The van der Waals surface area contributed by atoms with E-state index in [9.17, 15) is 9.59 Å². The highest BCUT2D eigenvalue weighted by atomic mass is 16.4. The van der Waals surface area contributed by atoms with Gasteiger partial charge in [0.1, 0.15) is 0 Å². The van der Waals surface area contributed by atoms with Crippen molar-refractivity contribution in [3.8, 4) is 6.07 Å². The molecule has 0 amide bonds. The molecule has 0 aliphatic rings. The number of hydrogen-bond donors (Lipinski definition) is 2. The van der Waals surface area contributed by atoms with Gasteiger partial charge in [-0.25, -0.2) is 9.59 Å². The molecule has 86 valence electrons. The highest BCUT2D eigenvalue weighted by Crippen LogP contribution is 2.12. The Hall–Kier alpha value is -2.61. The minimum atomic E-state index is -1.19. The molecule has 1 aromatic rings. The maximum atomic E-state index is 10.8. The zero-order valence-corrected chi connectivity index (χ0v) is 8.75. The minimum Gasteiger partial charge on any atom is -0.478 e. The molecule has 5 nitrogen and oxygen atoms in total. The van der Waals surface area contributed by atoms with E-state index in [1.54, 1.807) is 0 Å². The van der Waals surface area contributed by atoms with Crippen molar-refractivity contribution in [2.24, 2.45) is 0 Å². The number of nitriles is 1. The monoisotopic (exact) mass is 231 g/mol. The molecule has 0 saturated carbocycles. The molecule has 0 saturated heterocycles. The van der Waals surface area contributed by atoms with Crippen molar-refractivity contribution >= 4 is 18.0 Å². The Labute approximate surface area is 97.2 Å². The standard InChI is InChI=1S/C12H9NO4/c13-4-2-1-3-8-5-9(11(14)15)7-10(6-8)12(16)17/h1,3,5-7H,2H2,(H,14,15)(H,16,17). The van der Waals surface area contributed by atoms with Crippen molar-refractivity contribution in [2.45, 2.75) is 6.42 Å². The Morgan fingerprint density at radius 3 is 2.12 bits per heavy atom. The van der Waals surface area contributed by atoms with Gasteiger partial charge < -0.3 is 10.2 Å². The summed E-state index contributed by atoms with van der Waals surface area (Å²) in [7, 11) is 0. The lowest BCUT2D eigenvalue weighted by Crippen LogP contribution is -2.02. The summed E-state index contributed by atoms with van der Waals surface area (Å²) in [6.07, 6.45) is 3.23. The fraction of sp³-hybridized carbons (Fsp3) is 0.0833. The van der Waals surface area contributed by atoms with Gasteiger partial charge in [-0.1, -0.05) is 12.2 Å². The van der Waals surface area contributed by atoms with Gasteiger partial charge in [-0.2, -0.15) is 5.26 Å². The number of nitrogens with zero attached hydrogens (tertiary/aromatic N) is 1. The van der Waals surface area contributed by atoms with Crippen molar-refractivity contribution in [2.75, 3.05) is 0 Å². The van der Waals surface area contributed by atoms with Gasteiger partial charge in [-0.15, -0.1) is 0 Å². The summed E-state index contributed by atoms with van der Waals surface area (Å²) in [5, 5.41) is 26.0. The summed E-state index contributed by atoms with van der Waals surface area (Å²) in [5.74, 6) is -2.38. The predicted octanol–water partition coefficient (Wildman–Crippen LogP) is 2.01. The number of rotatable bonds is 4. The minimum absolute atomic E-state index is 0.0958. The highest BCUT2D eigenvalue weighted by molar-refractivity contribution is 5.94. The van der Waals surface area contributed by atoms with E-state index >= 15 is 0 Å². The van der Waals surface area contributed by atoms with E-state index in [4.69, 9.17) is 15.5 Å². The Balaban J connectivity index is 3.18. The van der Waals surface area contributed by atoms with Crippen LogP contribution in [0.4, 0.5) is 0 Å². The fourth-order valence-electron chi connectivity index (χ4n) is 1.24. The molecule has 0 radical (unpaired) electrons. The molecule has 1 aromatic carbocycles. The lowest BCUT2D eigenvalue weighted by molar-refractivity contribution is 0.0696. The normalized spacial score (nSPS) is 10.1. The summed E-state index contributed by atoms with van der Waals surface area (Å²) in [4.78, 5) is 21.6. The van der Waals surface area contributed by atoms with Crippen LogP contribution in [-0.2, 0) is 0 Å². The average molecular weight is 231 g/mol. The molecular weight excluding hydrogens is 222 g/mol. The maximum absolute atomic E-state index is 10.8. The first-order valence-corrected chi connectivity index (χ1v) is 4.69. The lowest BCUT2D eigenvalue weighted by Gasteiger charge is -2.01. The van der Waals surface area contributed by atoms with E-state index in [1.807, 2.05) is 6.07 Å². The Morgan fingerprint density at radius 2 is 1.71 bits per heavy atom. The van der Waals surface area contributed by atoms with E-state index in [2.05, 4.69) is 0 Å². The molecule has 17 heavy (non-hydrogen) atoms. The molecule has 0 fully saturated rings. The summed E-state index contributed by atoms with van der Waals surface area (Å²) < 4.78 is 0. The molecule has 0 heterocycles. The van der Waals surface area contributed by atoms with E-state index in [0.717, 1.165) is 6.07 Å². The molecule has 0 aliphatic heterocycles.